The summed E-state index contributed by atoms with van der Waals surface area (Å²) in [5.41, 5.74) is 2.61. The number of esters is 1. The number of aryl methyl sites for hydroxylation is 1. The van der Waals surface area contributed by atoms with Gasteiger partial charge in [0.15, 0.2) is 6.61 Å². The number of nitrogens with one attached hydrogen (secondary N) is 1. The molecule has 3 rings (SSSR count). The average Bonchev–Trinajstić information content (AvgIpc) is 3.33. The van der Waals surface area contributed by atoms with Crippen molar-refractivity contribution in [2.45, 2.75) is 71.4 Å². The van der Waals surface area contributed by atoms with Crippen LogP contribution in [0.5, 0.6) is 0 Å². The molecule has 2 fully saturated rings. The number of rotatable bonds is 5. The van der Waals surface area contributed by atoms with E-state index in [1.54, 1.807) is 0 Å². The summed E-state index contributed by atoms with van der Waals surface area (Å²) in [4.78, 5) is 24.4. The van der Waals surface area contributed by atoms with E-state index in [-0.39, 0.29) is 18.6 Å². The lowest BCUT2D eigenvalue weighted by molar-refractivity contribution is -0.125. The zero-order valence-electron chi connectivity index (χ0n) is 14.9. The molecule has 1 heterocycles. The summed E-state index contributed by atoms with van der Waals surface area (Å²) in [6.07, 6.45) is 6.91. The van der Waals surface area contributed by atoms with Crippen molar-refractivity contribution < 1.29 is 14.3 Å². The molecular weight excluding hydrogens is 304 g/mol. The van der Waals surface area contributed by atoms with Gasteiger partial charge in [-0.1, -0.05) is 19.8 Å². The van der Waals surface area contributed by atoms with E-state index < -0.39 is 5.97 Å². The molecule has 2 atom stereocenters. The highest BCUT2D eigenvalue weighted by Gasteiger charge is 2.29. The van der Waals surface area contributed by atoms with E-state index in [0.717, 1.165) is 30.7 Å². The maximum atomic E-state index is 12.3. The molecule has 1 amide bonds. The summed E-state index contributed by atoms with van der Waals surface area (Å²) >= 11 is 0. The minimum absolute atomic E-state index is 0.196. The zero-order valence-corrected chi connectivity index (χ0v) is 14.9. The van der Waals surface area contributed by atoms with Crippen molar-refractivity contribution in [3.8, 4) is 0 Å². The van der Waals surface area contributed by atoms with Crippen LogP contribution >= 0.6 is 0 Å². The van der Waals surface area contributed by atoms with Gasteiger partial charge in [0.1, 0.15) is 0 Å². The Balaban J connectivity index is 1.53. The van der Waals surface area contributed by atoms with E-state index in [1.807, 2.05) is 19.9 Å². The second kappa shape index (κ2) is 6.99. The normalized spacial score (nSPS) is 23.8. The maximum Gasteiger partial charge on any atom is 0.340 e. The van der Waals surface area contributed by atoms with Crippen LogP contribution in [0.2, 0.25) is 0 Å². The van der Waals surface area contributed by atoms with E-state index in [0.29, 0.717) is 17.5 Å². The highest BCUT2D eigenvalue weighted by Crippen LogP contribution is 2.38. The highest BCUT2D eigenvalue weighted by molar-refractivity contribution is 5.92. The largest absolute Gasteiger partial charge is 0.452 e. The van der Waals surface area contributed by atoms with Crippen LogP contribution in [0.1, 0.15) is 73.2 Å². The summed E-state index contributed by atoms with van der Waals surface area (Å²) in [6.45, 7) is 5.93. The Hall–Kier alpha value is -1.78. The van der Waals surface area contributed by atoms with Crippen LogP contribution in [-0.4, -0.2) is 29.1 Å². The van der Waals surface area contributed by atoms with Crippen molar-refractivity contribution in [3.05, 3.63) is 23.0 Å². The van der Waals surface area contributed by atoms with Crippen molar-refractivity contribution in [1.29, 1.82) is 0 Å². The van der Waals surface area contributed by atoms with Crippen LogP contribution in [0.4, 0.5) is 0 Å². The molecule has 0 bridgehead atoms. The third kappa shape index (κ3) is 3.65. The van der Waals surface area contributed by atoms with Gasteiger partial charge in [0.05, 0.1) is 5.56 Å². The Morgan fingerprint density at radius 2 is 1.92 bits per heavy atom. The maximum absolute atomic E-state index is 12.3. The van der Waals surface area contributed by atoms with Gasteiger partial charge in [-0.05, 0) is 51.5 Å². The van der Waals surface area contributed by atoms with Gasteiger partial charge >= 0.3 is 5.97 Å². The molecule has 5 nitrogen and oxygen atoms in total. The van der Waals surface area contributed by atoms with Crippen LogP contribution < -0.4 is 5.32 Å². The lowest BCUT2D eigenvalue weighted by Gasteiger charge is -2.29. The molecule has 1 aromatic heterocycles. The predicted molar refractivity (Wildman–Crippen MR) is 92.0 cm³/mol. The molecule has 0 spiro atoms. The van der Waals surface area contributed by atoms with Crippen LogP contribution in [-0.2, 0) is 9.53 Å². The summed E-state index contributed by atoms with van der Waals surface area (Å²) in [6, 6.07) is 2.62. The van der Waals surface area contributed by atoms with E-state index in [2.05, 4.69) is 16.8 Å². The quantitative estimate of drug-likeness (QED) is 0.842. The standard InChI is InChI=1S/C19H28N2O3/c1-12-6-4-5-7-17(12)20-18(22)11-24-19(23)16-10-13(2)21(14(16)3)15-8-9-15/h10,12,15,17H,4-9,11H2,1-3H3,(H,20,22)/t12-,17+/m1/s1. The van der Waals surface area contributed by atoms with Crippen molar-refractivity contribution in [2.75, 3.05) is 6.61 Å². The number of carbonyl (C=O) groups excluding carboxylic acids is 2. The molecule has 24 heavy (non-hydrogen) atoms. The van der Waals surface area contributed by atoms with Gasteiger partial charge in [-0.25, -0.2) is 4.79 Å². The molecular formula is C19H28N2O3. The Morgan fingerprint density at radius 3 is 2.58 bits per heavy atom. The van der Waals surface area contributed by atoms with E-state index in [1.165, 1.54) is 19.3 Å². The molecule has 1 N–H and O–H groups in total. The third-order valence-electron chi connectivity index (χ3n) is 5.41. The molecule has 0 aliphatic heterocycles. The Bertz CT molecular complexity index is 631. The highest BCUT2D eigenvalue weighted by atomic mass is 16.5. The van der Waals surface area contributed by atoms with Crippen LogP contribution in [0.25, 0.3) is 0 Å². The summed E-state index contributed by atoms with van der Waals surface area (Å²) in [5.74, 6) is -0.101. The number of hydrogen-bond acceptors (Lipinski definition) is 3. The second-order valence-corrected chi connectivity index (χ2v) is 7.40. The number of ether oxygens (including phenoxy) is 1. The Labute approximate surface area is 143 Å². The first-order valence-corrected chi connectivity index (χ1v) is 9.12. The van der Waals surface area contributed by atoms with Gasteiger partial charge in [-0.15, -0.1) is 0 Å². The fraction of sp³-hybridized carbons (Fsp3) is 0.684. The topological polar surface area (TPSA) is 60.3 Å². The number of carbonyl (C=O) groups is 2. The lowest BCUT2D eigenvalue weighted by atomic mass is 9.86. The van der Waals surface area contributed by atoms with Gasteiger partial charge in [-0.3, -0.25) is 4.79 Å². The first kappa shape index (κ1) is 17.1. The van der Waals surface area contributed by atoms with E-state index in [9.17, 15) is 9.59 Å². The van der Waals surface area contributed by atoms with Crippen LogP contribution in [0.15, 0.2) is 6.07 Å². The number of nitrogens with zero attached hydrogens (tertiary/aromatic N) is 1. The zero-order chi connectivity index (χ0) is 17.3. The smallest absolute Gasteiger partial charge is 0.340 e. The molecule has 2 aliphatic carbocycles. The van der Waals surface area contributed by atoms with E-state index in [4.69, 9.17) is 4.74 Å². The second-order valence-electron chi connectivity index (χ2n) is 7.40. The molecule has 0 aromatic carbocycles. The SMILES string of the molecule is Cc1cc(C(=O)OCC(=O)N[C@H]2CCCC[C@H]2C)c(C)n1C1CC1. The fourth-order valence-electron chi connectivity index (χ4n) is 3.87. The number of aromatic nitrogens is 1. The first-order chi connectivity index (χ1) is 11.5. The minimum atomic E-state index is -0.401. The monoisotopic (exact) mass is 332 g/mol. The predicted octanol–water partition coefficient (Wildman–Crippen LogP) is 3.29. The summed E-state index contributed by atoms with van der Waals surface area (Å²) in [7, 11) is 0. The summed E-state index contributed by atoms with van der Waals surface area (Å²) < 4.78 is 7.46. The average molecular weight is 332 g/mol. The van der Waals surface area contributed by atoms with Gasteiger partial charge in [0.25, 0.3) is 5.91 Å². The van der Waals surface area contributed by atoms with Gasteiger partial charge in [0, 0.05) is 23.5 Å². The molecule has 0 radical (unpaired) electrons. The molecule has 2 aliphatic rings. The molecule has 1 aromatic rings. The Kier molecular flexibility index (Phi) is 4.97. The number of hydrogen-bond donors (Lipinski definition) is 1. The molecule has 2 saturated carbocycles. The first-order valence-electron chi connectivity index (χ1n) is 9.12. The van der Waals surface area contributed by atoms with Crippen molar-refractivity contribution in [2.24, 2.45) is 5.92 Å². The number of amides is 1. The lowest BCUT2D eigenvalue weighted by Crippen LogP contribution is -2.42. The van der Waals surface area contributed by atoms with E-state index >= 15 is 0 Å². The summed E-state index contributed by atoms with van der Waals surface area (Å²) in [5, 5.41) is 3.01. The third-order valence-corrected chi connectivity index (χ3v) is 5.41. The Morgan fingerprint density at radius 1 is 1.21 bits per heavy atom. The minimum Gasteiger partial charge on any atom is -0.452 e. The van der Waals surface area contributed by atoms with Crippen molar-refractivity contribution in [3.63, 3.8) is 0 Å². The van der Waals surface area contributed by atoms with Gasteiger partial charge in [0.2, 0.25) is 0 Å². The van der Waals surface area contributed by atoms with Crippen LogP contribution in [0, 0.1) is 19.8 Å². The fourth-order valence-corrected chi connectivity index (χ4v) is 3.87. The molecule has 5 heteroatoms. The molecule has 0 unspecified atom stereocenters. The van der Waals surface area contributed by atoms with Crippen molar-refractivity contribution >= 4 is 11.9 Å². The van der Waals surface area contributed by atoms with Crippen LogP contribution in [0.3, 0.4) is 0 Å². The van der Waals surface area contributed by atoms with Crippen molar-refractivity contribution in [1.82, 2.24) is 9.88 Å². The van der Waals surface area contributed by atoms with Gasteiger partial charge in [-0.2, -0.15) is 0 Å². The van der Waals surface area contributed by atoms with Gasteiger partial charge < -0.3 is 14.6 Å². The molecule has 132 valence electrons. The molecule has 0 saturated heterocycles.